The first kappa shape index (κ1) is 33.9. The quantitative estimate of drug-likeness (QED) is 0.158. The van der Waals surface area contributed by atoms with Crippen LogP contribution in [-0.2, 0) is 30.0 Å². The van der Waals surface area contributed by atoms with Gasteiger partial charge in [0.15, 0.2) is 13.7 Å². The molecule has 4 saturated carbocycles. The summed E-state index contributed by atoms with van der Waals surface area (Å²) in [6.07, 6.45) is 6.83. The highest BCUT2D eigenvalue weighted by atomic mass is 28.4. The predicted molar refractivity (Wildman–Crippen MR) is 181 cm³/mol. The van der Waals surface area contributed by atoms with Crippen LogP contribution in [0.25, 0.3) is 0 Å². The van der Waals surface area contributed by atoms with Crippen LogP contribution in [0.5, 0.6) is 0 Å². The van der Waals surface area contributed by atoms with Gasteiger partial charge >= 0.3 is 5.97 Å². The fourth-order valence-electron chi connectivity index (χ4n) is 11.9. The maximum absolute atomic E-state index is 14.6. The minimum Gasteiger partial charge on any atom is -0.468 e. The summed E-state index contributed by atoms with van der Waals surface area (Å²) in [5.74, 6) is 0.169. The second-order valence-electron chi connectivity index (χ2n) is 16.2. The maximum atomic E-state index is 14.6. The van der Waals surface area contributed by atoms with E-state index in [0.29, 0.717) is 60.2 Å². The lowest BCUT2D eigenvalue weighted by molar-refractivity contribution is -0.179. The summed E-state index contributed by atoms with van der Waals surface area (Å²) in [6, 6.07) is 9.90. The number of hydrogen-bond acceptors (Lipinski definition) is 6. The van der Waals surface area contributed by atoms with Crippen molar-refractivity contribution in [2.24, 2.45) is 46.3 Å². The van der Waals surface area contributed by atoms with Gasteiger partial charge in [-0.25, -0.2) is 0 Å². The average Bonchev–Trinajstić information content (AvgIpc) is 3.61. The molecule has 1 amide bonds. The van der Waals surface area contributed by atoms with E-state index in [4.69, 9.17) is 13.9 Å². The van der Waals surface area contributed by atoms with Gasteiger partial charge in [0, 0.05) is 25.3 Å². The lowest BCUT2D eigenvalue weighted by Crippen LogP contribution is -2.59. The largest absolute Gasteiger partial charge is 0.468 e. The van der Waals surface area contributed by atoms with Crippen molar-refractivity contribution in [1.82, 2.24) is 4.90 Å². The fourth-order valence-corrected chi connectivity index (χ4v) is 17.4. The number of allylic oxidation sites excluding steroid dienone is 1. The van der Waals surface area contributed by atoms with Crippen molar-refractivity contribution in [2.75, 3.05) is 20.8 Å². The Labute approximate surface area is 277 Å². The van der Waals surface area contributed by atoms with E-state index in [2.05, 4.69) is 41.5 Å². The maximum Gasteiger partial charge on any atom is 0.321 e. The second kappa shape index (κ2) is 12.5. The minimum atomic E-state index is -2.02. The summed E-state index contributed by atoms with van der Waals surface area (Å²) in [7, 11) is 1.22. The summed E-state index contributed by atoms with van der Waals surface area (Å²) >= 11 is 0. The van der Waals surface area contributed by atoms with Crippen LogP contribution in [0.4, 0.5) is 0 Å². The summed E-state index contributed by atoms with van der Waals surface area (Å²) in [5, 5.41) is 11.8. The molecule has 0 aromatic heterocycles. The summed E-state index contributed by atoms with van der Waals surface area (Å²) in [4.78, 5) is 30.2. The number of amides is 1. The lowest BCUT2D eigenvalue weighted by Gasteiger charge is -2.50. The molecule has 0 saturated heterocycles. The fraction of sp³-hybridized carbons (Fsp3) is 0.737. The standard InChI is InChI=1S/C38H57NO6Si/c1-23(2)46(24(3)4,25(5)6)45-22-37-20-30(37)33-27(19-29(37)34(33)43-7)32-28-15-12-18-39(21-26-13-10-9-11-14-26)35(41)38(28,36(42)44-8)17-16-31(32)40/h9-14,18,23-25,27-34,40H,15-17,19-22H2,1-8H3/t27-,28-,29-,30+,31-,32+,33-,34-,37+,38-/m0/s1. The van der Waals surface area contributed by atoms with Gasteiger partial charge in [-0.3, -0.25) is 9.59 Å². The Kier molecular flexibility index (Phi) is 9.18. The number of benzene rings is 1. The average molecular weight is 652 g/mol. The topological polar surface area (TPSA) is 85.3 Å². The number of carbonyl (C=O) groups is 2. The summed E-state index contributed by atoms with van der Waals surface area (Å²) in [6.45, 7) is 15.3. The van der Waals surface area contributed by atoms with Crippen molar-refractivity contribution >= 4 is 20.2 Å². The Bertz CT molecular complexity index is 1290. The summed E-state index contributed by atoms with van der Waals surface area (Å²) < 4.78 is 19.0. The van der Waals surface area contributed by atoms with Gasteiger partial charge < -0.3 is 23.9 Å². The minimum absolute atomic E-state index is 0.119. The molecule has 1 N–H and O–H groups in total. The van der Waals surface area contributed by atoms with E-state index in [9.17, 15) is 14.7 Å². The number of aliphatic hydroxyl groups is 1. The number of rotatable bonds is 11. The molecule has 1 aliphatic heterocycles. The number of nitrogens with zero attached hydrogens (tertiary/aromatic N) is 1. The molecule has 7 nitrogen and oxygen atoms in total. The predicted octanol–water partition coefficient (Wildman–Crippen LogP) is 6.96. The van der Waals surface area contributed by atoms with Gasteiger partial charge in [0.2, 0.25) is 5.91 Å². The van der Waals surface area contributed by atoms with E-state index in [1.807, 2.05) is 49.7 Å². The number of carbonyl (C=O) groups excluding carboxylic acids is 2. The molecule has 4 fully saturated rings. The zero-order chi connectivity index (χ0) is 33.2. The van der Waals surface area contributed by atoms with Crippen LogP contribution in [0.1, 0.15) is 79.2 Å². The van der Waals surface area contributed by atoms with Crippen LogP contribution in [0.15, 0.2) is 42.6 Å². The van der Waals surface area contributed by atoms with Crippen molar-refractivity contribution in [3.8, 4) is 0 Å². The van der Waals surface area contributed by atoms with Gasteiger partial charge in [-0.1, -0.05) is 78.0 Å². The first-order valence-corrected chi connectivity index (χ1v) is 20.0. The van der Waals surface area contributed by atoms with Crippen molar-refractivity contribution in [1.29, 1.82) is 0 Å². The van der Waals surface area contributed by atoms with Crippen LogP contribution >= 0.6 is 0 Å². The highest BCUT2D eigenvalue weighted by Gasteiger charge is 2.78. The molecule has 0 radical (unpaired) electrons. The van der Waals surface area contributed by atoms with E-state index in [0.717, 1.165) is 25.0 Å². The van der Waals surface area contributed by atoms with Gasteiger partial charge in [0.25, 0.3) is 0 Å². The second-order valence-corrected chi connectivity index (χ2v) is 21.7. The van der Waals surface area contributed by atoms with Crippen molar-refractivity contribution in [3.63, 3.8) is 0 Å². The molecule has 254 valence electrons. The molecular formula is C38H57NO6Si. The molecule has 2 bridgehead atoms. The lowest BCUT2D eigenvalue weighted by atomic mass is 9.54. The van der Waals surface area contributed by atoms with Crippen LogP contribution in [0.2, 0.25) is 16.6 Å². The smallest absolute Gasteiger partial charge is 0.321 e. The molecule has 10 atom stereocenters. The van der Waals surface area contributed by atoms with Crippen LogP contribution in [0, 0.1) is 46.3 Å². The monoisotopic (exact) mass is 651 g/mol. The number of aliphatic hydroxyl groups excluding tert-OH is 1. The number of hydrogen-bond donors (Lipinski definition) is 1. The zero-order valence-corrected chi connectivity index (χ0v) is 30.3. The normalized spacial score (nSPS) is 38.3. The number of esters is 1. The molecule has 0 spiro atoms. The molecule has 1 heterocycles. The van der Waals surface area contributed by atoms with Gasteiger partial charge in [-0.15, -0.1) is 0 Å². The third kappa shape index (κ3) is 4.90. The number of ether oxygens (including phenoxy) is 2. The van der Waals surface area contributed by atoms with Crippen molar-refractivity contribution in [3.05, 3.63) is 48.2 Å². The third-order valence-electron chi connectivity index (χ3n) is 13.7. The Morgan fingerprint density at radius 3 is 2.28 bits per heavy atom. The Morgan fingerprint density at radius 1 is 1.00 bits per heavy atom. The van der Waals surface area contributed by atoms with Crippen molar-refractivity contribution in [2.45, 2.75) is 109 Å². The van der Waals surface area contributed by atoms with E-state index in [1.54, 1.807) is 4.90 Å². The Hall–Kier alpha value is -2.00. The van der Waals surface area contributed by atoms with Crippen LogP contribution in [-0.4, -0.2) is 63.2 Å². The molecule has 0 unspecified atom stereocenters. The molecule has 4 aliphatic carbocycles. The first-order valence-electron chi connectivity index (χ1n) is 17.9. The van der Waals surface area contributed by atoms with E-state index < -0.39 is 25.8 Å². The molecule has 46 heavy (non-hydrogen) atoms. The summed E-state index contributed by atoms with van der Waals surface area (Å²) in [5.41, 5.74) is 1.45. The Morgan fingerprint density at radius 2 is 1.67 bits per heavy atom. The molecule has 1 aromatic carbocycles. The van der Waals surface area contributed by atoms with Gasteiger partial charge in [0.1, 0.15) is 0 Å². The van der Waals surface area contributed by atoms with E-state index in [-0.39, 0.29) is 35.2 Å². The first-order chi connectivity index (χ1) is 21.9. The third-order valence-corrected chi connectivity index (χ3v) is 19.7. The molecule has 1 aromatic rings. The molecule has 5 aliphatic rings. The Balaban J connectivity index is 1.29. The molecule has 8 heteroatoms. The highest BCUT2D eigenvalue weighted by Crippen LogP contribution is 2.78. The van der Waals surface area contributed by atoms with Gasteiger partial charge in [-0.2, -0.15) is 0 Å². The van der Waals surface area contributed by atoms with Crippen LogP contribution in [0.3, 0.4) is 0 Å². The van der Waals surface area contributed by atoms with Gasteiger partial charge in [0.05, 0.1) is 25.9 Å². The SMILES string of the molecule is COC(=O)[C@@]12CC[C@H](O)[C@H]([C@@H]3C[C@H]4[C@H](OC)[C@@H]3[C@H]3C[C@]34CO[Si](C(C)C)(C(C)C)C(C)C)[C@@H]1CC=CN(Cc1ccccc1)C2=O. The molecular weight excluding hydrogens is 595 g/mol. The zero-order valence-electron chi connectivity index (χ0n) is 29.3. The van der Waals surface area contributed by atoms with Crippen molar-refractivity contribution < 1.29 is 28.6 Å². The van der Waals surface area contributed by atoms with Crippen LogP contribution < -0.4 is 0 Å². The molecule has 6 rings (SSSR count). The van der Waals surface area contributed by atoms with Gasteiger partial charge in [-0.05, 0) is 89.8 Å². The highest BCUT2D eigenvalue weighted by molar-refractivity contribution is 6.77. The number of fused-ring (bicyclic) bond motifs is 6. The van der Waals surface area contributed by atoms with E-state index >= 15 is 0 Å². The number of methoxy groups -OCH3 is 2. The van der Waals surface area contributed by atoms with E-state index in [1.165, 1.54) is 7.11 Å².